The van der Waals surface area contributed by atoms with Crippen molar-refractivity contribution in [1.29, 1.82) is 0 Å². The molecule has 0 unspecified atom stereocenters. The number of nitrogens with zero attached hydrogens (tertiary/aromatic N) is 3. The maximum atomic E-state index is 12.7. The van der Waals surface area contributed by atoms with Gasteiger partial charge in [-0.2, -0.15) is 5.10 Å². The molecule has 3 rings (SSSR count). The van der Waals surface area contributed by atoms with Crippen LogP contribution in [0, 0.1) is 0 Å². The number of hydrogen-bond donors (Lipinski definition) is 1. The average molecular weight is 330 g/mol. The Morgan fingerprint density at radius 3 is 3.08 bits per heavy atom. The average Bonchev–Trinajstić information content (AvgIpc) is 3.01. The van der Waals surface area contributed by atoms with E-state index in [0.29, 0.717) is 19.7 Å². The lowest BCUT2D eigenvalue weighted by atomic mass is 10.2. The maximum absolute atomic E-state index is 12.7. The number of methoxy groups -OCH3 is 1. The first-order valence-corrected chi connectivity index (χ1v) is 7.82. The second kappa shape index (κ2) is 6.92. The summed E-state index contributed by atoms with van der Waals surface area (Å²) in [6.07, 6.45) is -0.517. The Kier molecular flexibility index (Phi) is 4.71. The topological polar surface area (TPSA) is 70.7 Å². The molecule has 0 fully saturated rings. The Hall–Kier alpha value is -2.54. The van der Waals surface area contributed by atoms with Gasteiger partial charge >= 0.3 is 0 Å². The Morgan fingerprint density at radius 1 is 1.50 bits per heavy atom. The van der Waals surface area contributed by atoms with Crippen LogP contribution in [0.5, 0.6) is 5.75 Å². The minimum atomic E-state index is -0.517. The van der Waals surface area contributed by atoms with Crippen molar-refractivity contribution in [3.63, 3.8) is 0 Å². The van der Waals surface area contributed by atoms with Gasteiger partial charge in [-0.3, -0.25) is 9.89 Å². The molecular formula is C17H22N4O3. The molecule has 2 heterocycles. The van der Waals surface area contributed by atoms with Crippen LogP contribution in [0.1, 0.15) is 11.4 Å². The summed E-state index contributed by atoms with van der Waals surface area (Å²) >= 11 is 0. The van der Waals surface area contributed by atoms with E-state index in [-0.39, 0.29) is 5.91 Å². The Balaban J connectivity index is 1.65. The molecule has 0 bridgehead atoms. The molecule has 1 aromatic heterocycles. The van der Waals surface area contributed by atoms with Crippen molar-refractivity contribution >= 4 is 11.6 Å². The van der Waals surface area contributed by atoms with E-state index in [0.717, 1.165) is 22.8 Å². The summed E-state index contributed by atoms with van der Waals surface area (Å²) in [6.45, 7) is 1.42. The highest BCUT2D eigenvalue weighted by atomic mass is 16.5. The van der Waals surface area contributed by atoms with Crippen molar-refractivity contribution in [3.8, 4) is 5.75 Å². The lowest BCUT2D eigenvalue weighted by Crippen LogP contribution is -2.48. The molecule has 0 spiro atoms. The monoisotopic (exact) mass is 330 g/mol. The van der Waals surface area contributed by atoms with Crippen LogP contribution >= 0.6 is 0 Å². The predicted molar refractivity (Wildman–Crippen MR) is 89.9 cm³/mol. The van der Waals surface area contributed by atoms with Gasteiger partial charge in [0.2, 0.25) is 0 Å². The number of para-hydroxylation sites is 2. The fraction of sp³-hybridized carbons (Fsp3) is 0.412. The van der Waals surface area contributed by atoms with Gasteiger partial charge < -0.3 is 19.3 Å². The van der Waals surface area contributed by atoms with Gasteiger partial charge in [0, 0.05) is 21.2 Å². The second-order valence-electron chi connectivity index (χ2n) is 5.97. The second-order valence-corrected chi connectivity index (χ2v) is 5.97. The molecular weight excluding hydrogens is 308 g/mol. The van der Waals surface area contributed by atoms with Crippen molar-refractivity contribution in [2.75, 3.05) is 32.6 Å². The fourth-order valence-electron chi connectivity index (χ4n) is 2.83. The zero-order chi connectivity index (χ0) is 17.1. The first-order valence-electron chi connectivity index (χ1n) is 7.82. The van der Waals surface area contributed by atoms with E-state index >= 15 is 0 Å². The lowest BCUT2D eigenvalue weighted by molar-refractivity contribution is -0.137. The fourth-order valence-corrected chi connectivity index (χ4v) is 2.83. The van der Waals surface area contributed by atoms with Crippen molar-refractivity contribution < 1.29 is 14.3 Å². The summed E-state index contributed by atoms with van der Waals surface area (Å²) in [6, 6.07) is 9.64. The quantitative estimate of drug-likeness (QED) is 0.898. The van der Waals surface area contributed by atoms with Crippen LogP contribution in [0.4, 0.5) is 5.69 Å². The molecule has 24 heavy (non-hydrogen) atoms. The number of hydrogen-bond acceptors (Lipinski definition) is 5. The number of anilines is 1. The minimum absolute atomic E-state index is 0.0563. The van der Waals surface area contributed by atoms with Gasteiger partial charge in [-0.1, -0.05) is 12.1 Å². The summed E-state index contributed by atoms with van der Waals surface area (Å²) in [4.78, 5) is 16.4. The summed E-state index contributed by atoms with van der Waals surface area (Å²) in [5, 5.41) is 7.07. The molecule has 1 aliphatic rings. The number of nitrogens with one attached hydrogen (secondary N) is 1. The van der Waals surface area contributed by atoms with Crippen molar-refractivity contribution in [2.45, 2.75) is 19.3 Å². The smallest absolute Gasteiger partial charge is 0.265 e. The van der Waals surface area contributed by atoms with Gasteiger partial charge in [0.25, 0.3) is 5.91 Å². The number of rotatable bonds is 5. The zero-order valence-electron chi connectivity index (χ0n) is 14.2. The number of amides is 1. The van der Waals surface area contributed by atoms with Crippen LogP contribution in [0.2, 0.25) is 0 Å². The summed E-state index contributed by atoms with van der Waals surface area (Å²) in [5.74, 6) is 0.682. The zero-order valence-corrected chi connectivity index (χ0v) is 14.2. The van der Waals surface area contributed by atoms with Crippen molar-refractivity contribution in [3.05, 3.63) is 41.7 Å². The van der Waals surface area contributed by atoms with Crippen LogP contribution in [-0.2, 0) is 22.7 Å². The molecule has 1 aromatic carbocycles. The number of H-pyrrole nitrogens is 1. The van der Waals surface area contributed by atoms with Gasteiger partial charge in [-0.05, 0) is 18.2 Å². The first-order chi connectivity index (χ1) is 11.6. The lowest BCUT2D eigenvalue weighted by Gasteiger charge is -2.34. The normalized spacial score (nSPS) is 16.5. The van der Waals surface area contributed by atoms with E-state index < -0.39 is 6.10 Å². The van der Waals surface area contributed by atoms with Crippen LogP contribution < -0.4 is 9.64 Å². The molecule has 7 heteroatoms. The third kappa shape index (κ3) is 3.35. The number of likely N-dealkylation sites (N-methyl/N-ethyl adjacent to an activating group) is 2. The van der Waals surface area contributed by atoms with Crippen LogP contribution in [0.15, 0.2) is 30.3 Å². The molecule has 1 N–H and O–H groups in total. The molecule has 128 valence electrons. The summed E-state index contributed by atoms with van der Waals surface area (Å²) in [7, 11) is 5.36. The first kappa shape index (κ1) is 16.3. The molecule has 0 aliphatic carbocycles. The molecule has 1 aliphatic heterocycles. The summed E-state index contributed by atoms with van der Waals surface area (Å²) in [5.41, 5.74) is 2.68. The molecule has 2 aromatic rings. The SMILES string of the molecule is COCc1cc(CN(C)C(=O)[C@H]2CN(C)c3ccccc3O2)[nH]n1. The molecule has 0 radical (unpaired) electrons. The largest absolute Gasteiger partial charge is 0.477 e. The standard InChI is InChI=1S/C17H22N4O3/c1-20-10-16(24-15-7-5-4-6-14(15)20)17(22)21(2)9-12-8-13(11-23-3)19-18-12/h4-8,16H,9-11H2,1-3H3,(H,18,19)/t16-/m1/s1. The van der Waals surface area contributed by atoms with Crippen LogP contribution in [0.3, 0.4) is 0 Å². The van der Waals surface area contributed by atoms with Gasteiger partial charge in [0.15, 0.2) is 6.10 Å². The highest BCUT2D eigenvalue weighted by Crippen LogP contribution is 2.32. The van der Waals surface area contributed by atoms with E-state index in [1.165, 1.54) is 0 Å². The third-order valence-electron chi connectivity index (χ3n) is 4.02. The number of carbonyl (C=O) groups is 1. The Labute approximate surface area is 141 Å². The number of aromatic nitrogens is 2. The highest BCUT2D eigenvalue weighted by Gasteiger charge is 2.31. The van der Waals surface area contributed by atoms with E-state index in [9.17, 15) is 4.79 Å². The molecule has 1 atom stereocenters. The highest BCUT2D eigenvalue weighted by molar-refractivity contribution is 5.83. The van der Waals surface area contributed by atoms with Crippen molar-refractivity contribution in [2.24, 2.45) is 0 Å². The molecule has 0 saturated carbocycles. The number of carbonyl (C=O) groups excluding carboxylic acids is 1. The third-order valence-corrected chi connectivity index (χ3v) is 4.02. The van der Waals surface area contributed by atoms with E-state index in [4.69, 9.17) is 9.47 Å². The Bertz CT molecular complexity index is 715. The number of aromatic amines is 1. The predicted octanol–water partition coefficient (Wildman–Crippen LogP) is 1.41. The maximum Gasteiger partial charge on any atom is 0.265 e. The molecule has 0 saturated heterocycles. The van der Waals surface area contributed by atoms with Crippen LogP contribution in [0.25, 0.3) is 0 Å². The van der Waals surface area contributed by atoms with Gasteiger partial charge in [-0.25, -0.2) is 0 Å². The van der Waals surface area contributed by atoms with E-state index in [1.54, 1.807) is 19.1 Å². The van der Waals surface area contributed by atoms with Gasteiger partial charge in [0.1, 0.15) is 5.75 Å². The van der Waals surface area contributed by atoms with Crippen molar-refractivity contribution in [1.82, 2.24) is 15.1 Å². The number of ether oxygens (including phenoxy) is 2. The Morgan fingerprint density at radius 2 is 2.29 bits per heavy atom. The van der Waals surface area contributed by atoms with E-state index in [1.807, 2.05) is 42.3 Å². The van der Waals surface area contributed by atoms with E-state index in [2.05, 4.69) is 10.2 Å². The number of fused-ring (bicyclic) bond motifs is 1. The minimum Gasteiger partial charge on any atom is -0.477 e. The van der Waals surface area contributed by atoms with Crippen LogP contribution in [-0.4, -0.2) is 54.9 Å². The number of benzene rings is 1. The summed E-state index contributed by atoms with van der Waals surface area (Å²) < 4.78 is 10.9. The van der Waals surface area contributed by atoms with Gasteiger partial charge in [-0.15, -0.1) is 0 Å². The van der Waals surface area contributed by atoms with Gasteiger partial charge in [0.05, 0.1) is 36.8 Å². The molecule has 7 nitrogen and oxygen atoms in total. The molecule has 1 amide bonds.